The van der Waals surface area contributed by atoms with Gasteiger partial charge in [-0.25, -0.2) is 0 Å². The Morgan fingerprint density at radius 1 is 0.459 bits per heavy atom. The molecular weight excluding hydrogens is 561 g/mol. The first-order valence-electron chi connectivity index (χ1n) is 13.8. The van der Waals surface area contributed by atoms with Crippen LogP contribution in [0.4, 0.5) is 0 Å². The lowest BCUT2D eigenvalue weighted by atomic mass is 10.5. The zero-order valence-corrected chi connectivity index (χ0v) is 31.6. The molecule has 2 aliphatic carbocycles. The van der Waals surface area contributed by atoms with Gasteiger partial charge in [-0.15, -0.1) is 0 Å². The molecule has 2 unspecified atom stereocenters. The summed E-state index contributed by atoms with van der Waals surface area (Å²) in [6.45, 7) is 23.0. The second-order valence-electron chi connectivity index (χ2n) is 13.2. The van der Waals surface area contributed by atoms with Crippen LogP contribution in [0.2, 0.25) is 101 Å². The maximum atomic E-state index is 7.66. The van der Waals surface area contributed by atoms with Gasteiger partial charge in [0.05, 0.1) is 0 Å². The Morgan fingerprint density at radius 3 is 1.03 bits per heavy atom. The normalized spacial score (nSPS) is 20.6. The second-order valence-corrected chi connectivity index (χ2v) is 37.7. The van der Waals surface area contributed by atoms with Crippen molar-refractivity contribution in [3.8, 4) is 0 Å². The largest absolute Gasteiger partial charge is 0.454 e. The summed E-state index contributed by atoms with van der Waals surface area (Å²) in [5.41, 5.74) is 0.819. The van der Waals surface area contributed by atoms with Gasteiger partial charge in [0.1, 0.15) is 0 Å². The van der Waals surface area contributed by atoms with Crippen LogP contribution in [0.3, 0.4) is 0 Å². The minimum Gasteiger partial charge on any atom is -0.454 e. The summed E-state index contributed by atoms with van der Waals surface area (Å²) in [5.74, 6) is 0. The van der Waals surface area contributed by atoms with E-state index in [9.17, 15) is 0 Å². The van der Waals surface area contributed by atoms with E-state index in [4.69, 9.17) is 21.2 Å². The van der Waals surface area contributed by atoms with Crippen molar-refractivity contribution in [2.45, 2.75) is 101 Å². The predicted molar refractivity (Wildman–Crippen MR) is 174 cm³/mol. The third kappa shape index (κ3) is 10.2. The fourth-order valence-electron chi connectivity index (χ4n) is 5.40. The Labute approximate surface area is 234 Å². The highest BCUT2D eigenvalue weighted by atomic mass is 28.4. The van der Waals surface area contributed by atoms with Crippen LogP contribution in [-0.2, 0) is 21.2 Å². The highest BCUT2D eigenvalue weighted by Crippen LogP contribution is 2.44. The van der Waals surface area contributed by atoms with Crippen molar-refractivity contribution in [1.82, 2.24) is 0 Å². The lowest BCUT2D eigenvalue weighted by molar-refractivity contribution is 0.309. The zero-order valence-electron chi connectivity index (χ0n) is 25.6. The lowest BCUT2D eigenvalue weighted by Crippen LogP contribution is -2.54. The van der Waals surface area contributed by atoms with Gasteiger partial charge >= 0.3 is 17.1 Å². The Kier molecular flexibility index (Phi) is 11.4. The molecule has 212 valence electrons. The molecule has 0 aromatic carbocycles. The average Bonchev–Trinajstić information content (AvgIpc) is 3.50. The smallest absolute Gasteiger partial charge is 0.321 e. The van der Waals surface area contributed by atoms with Crippen LogP contribution in [0.5, 0.6) is 0 Å². The molecule has 0 saturated heterocycles. The van der Waals surface area contributed by atoms with Crippen LogP contribution < -0.4 is 0 Å². The van der Waals surface area contributed by atoms with Crippen molar-refractivity contribution in [3.63, 3.8) is 0 Å². The van der Waals surface area contributed by atoms with E-state index in [1.54, 1.807) is 14.2 Å². The highest BCUT2D eigenvalue weighted by molar-refractivity contribution is 6.91. The van der Waals surface area contributed by atoms with Crippen molar-refractivity contribution in [2.75, 3.05) is 14.2 Å². The lowest BCUT2D eigenvalue weighted by Gasteiger charge is -2.45. The van der Waals surface area contributed by atoms with Gasteiger partial charge in [-0.3, -0.25) is 0 Å². The monoisotopic (exact) mass is 614 g/mol. The van der Waals surface area contributed by atoms with Crippen LogP contribution in [0.1, 0.15) is 0 Å². The van der Waals surface area contributed by atoms with Crippen LogP contribution in [0.25, 0.3) is 0 Å². The molecule has 5 nitrogen and oxygen atoms in total. The molecule has 0 aromatic rings. The van der Waals surface area contributed by atoms with Gasteiger partial charge in [0, 0.05) is 25.3 Å². The molecule has 0 bridgehead atoms. The highest BCUT2D eigenvalue weighted by Gasteiger charge is 2.49. The van der Waals surface area contributed by atoms with E-state index < -0.39 is 50.4 Å². The summed E-state index contributed by atoms with van der Waals surface area (Å²) in [4.78, 5) is 0. The fourth-order valence-corrected chi connectivity index (χ4v) is 35.2. The third-order valence-electron chi connectivity index (χ3n) is 7.85. The molecule has 11 heteroatoms. The molecule has 0 saturated carbocycles. The van der Waals surface area contributed by atoms with E-state index in [0.717, 1.165) is 24.2 Å². The Morgan fingerprint density at radius 2 is 0.757 bits per heavy atom. The maximum Gasteiger partial charge on any atom is 0.321 e. The first kappa shape index (κ1) is 33.3. The van der Waals surface area contributed by atoms with E-state index in [0.29, 0.717) is 11.1 Å². The van der Waals surface area contributed by atoms with Crippen LogP contribution in [0.15, 0.2) is 48.6 Å². The van der Waals surface area contributed by atoms with E-state index >= 15 is 0 Å². The topological polar surface area (TPSA) is 46.2 Å². The molecule has 37 heavy (non-hydrogen) atoms. The van der Waals surface area contributed by atoms with Gasteiger partial charge in [-0.05, 0) is 89.6 Å². The quantitative estimate of drug-likeness (QED) is 0.164. The molecule has 0 aromatic heterocycles. The van der Waals surface area contributed by atoms with Crippen LogP contribution in [-0.4, -0.2) is 64.6 Å². The first-order valence-corrected chi connectivity index (χ1v) is 31.0. The van der Waals surface area contributed by atoms with E-state index in [-0.39, 0.29) is 0 Å². The summed E-state index contributed by atoms with van der Waals surface area (Å²) in [6.07, 6.45) is 18.3. The molecule has 0 heterocycles. The van der Waals surface area contributed by atoms with E-state index in [1.807, 2.05) is 0 Å². The van der Waals surface area contributed by atoms with Crippen molar-refractivity contribution in [1.29, 1.82) is 0 Å². The molecule has 2 atom stereocenters. The predicted octanol–water partition coefficient (Wildman–Crippen LogP) is 8.29. The molecule has 0 spiro atoms. The van der Waals surface area contributed by atoms with Gasteiger partial charge in [0.15, 0.2) is 33.3 Å². The SMILES string of the molecule is CO[Si](C)(C)O[Si](C)(C)CC[Si](C)(O[Si](C)(CC[Si](C)(C)O[Si](C)(C)OC)C1C=CC=C1)C1C=CC=C1. The number of rotatable bonds is 16. The van der Waals surface area contributed by atoms with Crippen molar-refractivity contribution >= 4 is 50.4 Å². The molecule has 0 fully saturated rings. The standard InChI is InChI=1S/C26H54O5Si6/c1-27-34(7,8)29-32(3,4)21-23-36(11,25-17-13-14-18-25)31-37(12,26-19-15-16-20-26)24-22-33(5,6)30-35(9,10)28-2/h13-20,25-26H,21-24H2,1-12H3. The van der Waals surface area contributed by atoms with Gasteiger partial charge in [-0.1, -0.05) is 48.6 Å². The minimum absolute atomic E-state index is 0.410. The number of hydrogen-bond acceptors (Lipinski definition) is 5. The molecule has 0 N–H and O–H groups in total. The molecule has 0 amide bonds. The van der Waals surface area contributed by atoms with E-state index in [1.165, 1.54) is 0 Å². The van der Waals surface area contributed by atoms with Crippen LogP contribution >= 0.6 is 0 Å². The van der Waals surface area contributed by atoms with Crippen molar-refractivity contribution < 1.29 is 21.2 Å². The number of allylic oxidation sites excluding steroid dienone is 8. The molecule has 2 aliphatic rings. The Bertz CT molecular complexity index is 791. The Balaban J connectivity index is 2.29. The van der Waals surface area contributed by atoms with Crippen molar-refractivity contribution in [3.05, 3.63) is 48.6 Å². The van der Waals surface area contributed by atoms with Crippen molar-refractivity contribution in [2.24, 2.45) is 0 Å². The minimum atomic E-state index is -2.16. The van der Waals surface area contributed by atoms with E-state index in [2.05, 4.69) is 114 Å². The fraction of sp³-hybridized carbons (Fsp3) is 0.692. The summed E-state index contributed by atoms with van der Waals surface area (Å²) < 4.78 is 32.5. The van der Waals surface area contributed by atoms with Gasteiger partial charge in [0.25, 0.3) is 0 Å². The maximum absolute atomic E-state index is 7.66. The van der Waals surface area contributed by atoms with Gasteiger partial charge in [0.2, 0.25) is 0 Å². The second kappa shape index (κ2) is 12.7. The van der Waals surface area contributed by atoms with Gasteiger partial charge < -0.3 is 21.2 Å². The molecule has 2 rings (SSSR count). The summed E-state index contributed by atoms with van der Waals surface area (Å²) in [5, 5.41) is 0. The Hall–Kier alpha value is 0.0613. The summed E-state index contributed by atoms with van der Waals surface area (Å²) in [7, 11) is -8.70. The summed E-state index contributed by atoms with van der Waals surface area (Å²) in [6, 6.07) is 4.43. The average molecular weight is 615 g/mol. The number of hydrogen-bond donors (Lipinski definition) is 0. The third-order valence-corrected chi connectivity index (χ3v) is 31.9. The molecular formula is C26H54O5Si6. The summed E-state index contributed by atoms with van der Waals surface area (Å²) >= 11 is 0. The zero-order chi connectivity index (χ0) is 28.2. The van der Waals surface area contributed by atoms with Crippen LogP contribution in [0, 0.1) is 0 Å². The first-order chi connectivity index (χ1) is 16.9. The molecule has 0 radical (unpaired) electrons. The molecule has 0 aliphatic heterocycles. The van der Waals surface area contributed by atoms with Gasteiger partial charge in [-0.2, -0.15) is 0 Å².